The third-order valence-corrected chi connectivity index (χ3v) is 3.82. The molecule has 0 saturated carbocycles. The number of hydrogen-bond donors (Lipinski definition) is 1. The molecule has 0 atom stereocenters. The Bertz CT molecular complexity index is 1120. The van der Waals surface area contributed by atoms with Crippen LogP contribution < -0.4 is 5.56 Å². The second-order valence-corrected chi connectivity index (χ2v) is 5.65. The Kier molecular flexibility index (Phi) is 4.77. The molecule has 6 nitrogen and oxygen atoms in total. The average molecular weight is 376 g/mol. The minimum absolute atomic E-state index is 0.0395. The van der Waals surface area contributed by atoms with E-state index in [0.717, 1.165) is 6.20 Å². The lowest BCUT2D eigenvalue weighted by molar-refractivity contribution is 0.601. The monoisotopic (exact) mass is 375 g/mol. The standard InChI is InChI=1S/C17H12ClF2N5O/c1-3-4-10(9(2)19)5-12-16-22-7-14(18)25(16)8-13(23-12)15-21-6-11(20)17(26)24-15/h3-4,6-8H,1-2,5H2,(H,21,24,26)/b10-4-. The summed E-state index contributed by atoms with van der Waals surface area (Å²) in [4.78, 5) is 26.2. The van der Waals surface area contributed by atoms with Crippen molar-refractivity contribution < 1.29 is 8.78 Å². The van der Waals surface area contributed by atoms with Crippen LogP contribution in [0.4, 0.5) is 8.78 Å². The molecule has 3 rings (SSSR count). The molecule has 0 amide bonds. The minimum Gasteiger partial charge on any atom is -0.303 e. The Morgan fingerprint density at radius 2 is 2.15 bits per heavy atom. The molecule has 0 unspecified atom stereocenters. The van der Waals surface area contributed by atoms with Gasteiger partial charge in [0.05, 0.1) is 18.1 Å². The van der Waals surface area contributed by atoms with E-state index in [1.807, 2.05) is 0 Å². The lowest BCUT2D eigenvalue weighted by Crippen LogP contribution is -2.13. The van der Waals surface area contributed by atoms with Crippen LogP contribution in [-0.4, -0.2) is 24.3 Å². The van der Waals surface area contributed by atoms with Crippen molar-refractivity contribution in [3.63, 3.8) is 0 Å². The molecule has 0 aliphatic rings. The lowest BCUT2D eigenvalue weighted by atomic mass is 10.1. The number of nitrogens with one attached hydrogen (secondary N) is 1. The third-order valence-electron chi connectivity index (χ3n) is 3.54. The summed E-state index contributed by atoms with van der Waals surface area (Å²) in [5.74, 6) is -1.61. The van der Waals surface area contributed by atoms with E-state index in [2.05, 4.69) is 33.1 Å². The SMILES string of the molecule is C=C/C=C(/Cc1nc(-c2ncc(F)c(=O)[nH]2)cn2c(Cl)cnc12)C(=C)F. The Hall–Kier alpha value is -3.13. The molecule has 0 saturated heterocycles. The van der Waals surface area contributed by atoms with Gasteiger partial charge in [-0.05, 0) is 5.57 Å². The van der Waals surface area contributed by atoms with E-state index >= 15 is 0 Å². The largest absolute Gasteiger partial charge is 0.303 e. The van der Waals surface area contributed by atoms with Gasteiger partial charge in [0.25, 0.3) is 5.56 Å². The fraction of sp³-hybridized carbons (Fsp3) is 0.0588. The fourth-order valence-corrected chi connectivity index (χ4v) is 2.51. The number of hydrogen-bond acceptors (Lipinski definition) is 4. The summed E-state index contributed by atoms with van der Waals surface area (Å²) in [6.45, 7) is 6.83. The second kappa shape index (κ2) is 7.01. The smallest absolute Gasteiger partial charge is 0.287 e. The van der Waals surface area contributed by atoms with Crippen molar-refractivity contribution in [3.8, 4) is 11.5 Å². The first kappa shape index (κ1) is 17.7. The van der Waals surface area contributed by atoms with Crippen LogP contribution in [0.15, 0.2) is 60.1 Å². The molecule has 0 radical (unpaired) electrons. The van der Waals surface area contributed by atoms with Gasteiger partial charge in [0.15, 0.2) is 11.5 Å². The molecule has 0 spiro atoms. The zero-order valence-corrected chi connectivity index (χ0v) is 14.1. The van der Waals surface area contributed by atoms with Gasteiger partial charge in [0, 0.05) is 12.6 Å². The van der Waals surface area contributed by atoms with Gasteiger partial charge in [0.1, 0.15) is 16.7 Å². The van der Waals surface area contributed by atoms with Crippen molar-refractivity contribution in [2.24, 2.45) is 0 Å². The fourth-order valence-electron chi connectivity index (χ4n) is 2.33. The molecule has 3 aromatic rings. The third kappa shape index (κ3) is 3.31. The van der Waals surface area contributed by atoms with E-state index in [9.17, 15) is 13.6 Å². The molecule has 0 aliphatic carbocycles. The first-order valence-corrected chi connectivity index (χ1v) is 7.72. The van der Waals surface area contributed by atoms with Crippen molar-refractivity contribution in [2.45, 2.75) is 6.42 Å². The number of aromatic amines is 1. The number of rotatable bonds is 5. The molecule has 0 fully saturated rings. The lowest BCUT2D eigenvalue weighted by Gasteiger charge is -2.09. The summed E-state index contributed by atoms with van der Waals surface area (Å²) in [5.41, 5.74) is 0.311. The van der Waals surface area contributed by atoms with Crippen molar-refractivity contribution in [1.82, 2.24) is 24.3 Å². The molecule has 0 aliphatic heterocycles. The number of nitrogens with zero attached hydrogens (tertiary/aromatic N) is 4. The molecular weight excluding hydrogens is 364 g/mol. The first-order valence-electron chi connectivity index (χ1n) is 7.34. The van der Waals surface area contributed by atoms with E-state index < -0.39 is 17.2 Å². The molecule has 0 aromatic carbocycles. The zero-order valence-electron chi connectivity index (χ0n) is 13.3. The van der Waals surface area contributed by atoms with Crippen molar-refractivity contribution in [2.75, 3.05) is 0 Å². The molecule has 132 valence electrons. The molecule has 3 heterocycles. The first-order chi connectivity index (χ1) is 12.4. The Labute approximate surface area is 151 Å². The van der Waals surface area contributed by atoms with Crippen LogP contribution in [0, 0.1) is 5.82 Å². The Morgan fingerprint density at radius 3 is 2.81 bits per heavy atom. The van der Waals surface area contributed by atoms with Gasteiger partial charge in [-0.2, -0.15) is 4.39 Å². The second-order valence-electron chi connectivity index (χ2n) is 5.27. The van der Waals surface area contributed by atoms with E-state index in [-0.39, 0.29) is 28.7 Å². The van der Waals surface area contributed by atoms with Gasteiger partial charge in [-0.15, -0.1) is 0 Å². The number of allylic oxidation sites excluding steroid dienone is 4. The van der Waals surface area contributed by atoms with Crippen LogP contribution in [0.1, 0.15) is 5.69 Å². The summed E-state index contributed by atoms with van der Waals surface area (Å²) in [7, 11) is 0. The van der Waals surface area contributed by atoms with Crippen molar-refractivity contribution >= 4 is 17.2 Å². The van der Waals surface area contributed by atoms with Gasteiger partial charge in [-0.1, -0.05) is 36.9 Å². The molecule has 9 heteroatoms. The normalized spacial score (nSPS) is 11.7. The molecular formula is C17H12ClF2N5O. The summed E-state index contributed by atoms with van der Waals surface area (Å²) < 4.78 is 28.4. The van der Waals surface area contributed by atoms with E-state index in [1.165, 1.54) is 28.9 Å². The van der Waals surface area contributed by atoms with Gasteiger partial charge >= 0.3 is 0 Å². The number of fused-ring (bicyclic) bond motifs is 1. The van der Waals surface area contributed by atoms with Gasteiger partial charge in [-0.3, -0.25) is 9.20 Å². The van der Waals surface area contributed by atoms with Crippen molar-refractivity contribution in [1.29, 1.82) is 0 Å². The number of H-pyrrole nitrogens is 1. The van der Waals surface area contributed by atoms with Crippen molar-refractivity contribution in [3.05, 3.63) is 82.3 Å². The van der Waals surface area contributed by atoms with Crippen LogP contribution >= 0.6 is 11.6 Å². The topological polar surface area (TPSA) is 75.9 Å². The minimum atomic E-state index is -1.01. The molecule has 1 N–H and O–H groups in total. The van der Waals surface area contributed by atoms with Crippen LogP contribution in [0.3, 0.4) is 0 Å². The Morgan fingerprint density at radius 1 is 1.38 bits per heavy atom. The van der Waals surface area contributed by atoms with E-state index in [4.69, 9.17) is 11.6 Å². The number of aromatic nitrogens is 5. The predicted octanol–water partition coefficient (Wildman–Crippen LogP) is 3.41. The van der Waals surface area contributed by atoms with Crippen LogP contribution in [0.5, 0.6) is 0 Å². The van der Waals surface area contributed by atoms with Gasteiger partial charge in [-0.25, -0.2) is 19.3 Å². The maximum absolute atomic E-state index is 13.7. The number of halogens is 3. The quantitative estimate of drug-likeness (QED) is 0.693. The highest BCUT2D eigenvalue weighted by Crippen LogP contribution is 2.23. The van der Waals surface area contributed by atoms with E-state index in [1.54, 1.807) is 0 Å². The summed E-state index contributed by atoms with van der Waals surface area (Å²) in [5, 5.41) is 0.280. The van der Waals surface area contributed by atoms with Crippen LogP contribution in [-0.2, 0) is 6.42 Å². The maximum atomic E-state index is 13.7. The highest BCUT2D eigenvalue weighted by atomic mass is 35.5. The summed E-state index contributed by atoms with van der Waals surface area (Å²) >= 11 is 6.12. The Balaban J connectivity index is 2.20. The van der Waals surface area contributed by atoms with Crippen LogP contribution in [0.2, 0.25) is 5.15 Å². The highest BCUT2D eigenvalue weighted by molar-refractivity contribution is 6.29. The van der Waals surface area contributed by atoms with E-state index in [0.29, 0.717) is 11.3 Å². The maximum Gasteiger partial charge on any atom is 0.287 e. The predicted molar refractivity (Wildman–Crippen MR) is 94.0 cm³/mol. The van der Waals surface area contributed by atoms with Gasteiger partial charge in [0.2, 0.25) is 5.82 Å². The van der Waals surface area contributed by atoms with Gasteiger partial charge < -0.3 is 4.98 Å². The van der Waals surface area contributed by atoms with Crippen LogP contribution in [0.25, 0.3) is 17.2 Å². The highest BCUT2D eigenvalue weighted by Gasteiger charge is 2.16. The average Bonchev–Trinajstić information content (AvgIpc) is 2.98. The molecule has 0 bridgehead atoms. The number of imidazole rings is 1. The zero-order chi connectivity index (χ0) is 18.8. The molecule has 26 heavy (non-hydrogen) atoms. The summed E-state index contributed by atoms with van der Waals surface area (Å²) in [6.07, 6.45) is 6.65. The summed E-state index contributed by atoms with van der Waals surface area (Å²) in [6, 6.07) is 0. The molecule has 3 aromatic heterocycles.